The molecule has 0 heterocycles. The monoisotopic (exact) mass is 329 g/mol. The first-order valence-corrected chi connectivity index (χ1v) is 7.43. The van der Waals surface area contributed by atoms with E-state index < -0.39 is 17.8 Å². The van der Waals surface area contributed by atoms with Crippen LogP contribution in [0.25, 0.3) is 0 Å². The molecule has 22 heavy (non-hydrogen) atoms. The number of rotatable bonds is 6. The minimum Gasteiger partial charge on any atom is -0.335 e. The molecule has 1 atom stereocenters. The van der Waals surface area contributed by atoms with E-state index in [0.717, 1.165) is 6.42 Å². The number of halogens is 2. The van der Waals surface area contributed by atoms with Crippen molar-refractivity contribution in [1.29, 1.82) is 0 Å². The number of nitrogens with zero attached hydrogens (tertiary/aromatic N) is 1. The summed E-state index contributed by atoms with van der Waals surface area (Å²) in [5, 5.41) is 5.17. The molecular weight excluding hydrogens is 309 g/mol. The predicted molar refractivity (Wildman–Crippen MR) is 84.2 cm³/mol. The molecule has 0 aliphatic rings. The number of carbonyl (C=O) groups excluding carboxylic acids is 2. The zero-order chi connectivity index (χ0) is 16.7. The molecular formula is C15H21ClFN3O2. The Bertz CT molecular complexity index is 519. The Morgan fingerprint density at radius 3 is 2.68 bits per heavy atom. The third kappa shape index (κ3) is 5.99. The highest BCUT2D eigenvalue weighted by molar-refractivity contribution is 6.31. The lowest BCUT2D eigenvalue weighted by Gasteiger charge is -2.18. The topological polar surface area (TPSA) is 61.4 Å². The van der Waals surface area contributed by atoms with Crippen LogP contribution in [0.4, 0.5) is 9.18 Å². The van der Waals surface area contributed by atoms with Gasteiger partial charge in [0.2, 0.25) is 5.91 Å². The summed E-state index contributed by atoms with van der Waals surface area (Å²) in [7, 11) is 1.65. The van der Waals surface area contributed by atoms with Gasteiger partial charge in [0.1, 0.15) is 5.82 Å². The average Bonchev–Trinajstić information content (AvgIpc) is 2.42. The summed E-state index contributed by atoms with van der Waals surface area (Å²) < 4.78 is 13.7. The molecule has 7 heteroatoms. The molecule has 0 bridgehead atoms. The van der Waals surface area contributed by atoms with Crippen LogP contribution in [0.15, 0.2) is 18.2 Å². The number of nitrogens with one attached hydrogen (secondary N) is 2. The van der Waals surface area contributed by atoms with Crippen LogP contribution in [0.1, 0.15) is 25.8 Å². The second-order valence-electron chi connectivity index (χ2n) is 5.20. The molecule has 0 fully saturated rings. The zero-order valence-corrected chi connectivity index (χ0v) is 13.7. The highest BCUT2D eigenvalue weighted by Gasteiger charge is 2.14. The van der Waals surface area contributed by atoms with Crippen molar-refractivity contribution in [2.45, 2.75) is 32.9 Å². The summed E-state index contributed by atoms with van der Waals surface area (Å²) >= 11 is 5.94. The van der Waals surface area contributed by atoms with Gasteiger partial charge in [-0.05, 0) is 32.5 Å². The van der Waals surface area contributed by atoms with Crippen molar-refractivity contribution in [1.82, 2.24) is 15.5 Å². The number of urea groups is 1. The molecule has 0 aromatic heterocycles. The van der Waals surface area contributed by atoms with Crippen LogP contribution in [0, 0.1) is 5.82 Å². The quantitative estimate of drug-likeness (QED) is 0.843. The van der Waals surface area contributed by atoms with Gasteiger partial charge in [-0.25, -0.2) is 9.18 Å². The van der Waals surface area contributed by atoms with Crippen molar-refractivity contribution in [3.8, 4) is 0 Å². The molecule has 2 N–H and O–H groups in total. The first kappa shape index (κ1) is 18.4. The predicted octanol–water partition coefficient (Wildman–Crippen LogP) is 2.54. The van der Waals surface area contributed by atoms with Crippen LogP contribution < -0.4 is 10.6 Å². The maximum atomic E-state index is 13.7. The lowest BCUT2D eigenvalue weighted by molar-refractivity contribution is -0.121. The van der Waals surface area contributed by atoms with E-state index in [2.05, 4.69) is 10.6 Å². The third-order valence-corrected chi connectivity index (χ3v) is 3.50. The Morgan fingerprint density at radius 2 is 2.09 bits per heavy atom. The van der Waals surface area contributed by atoms with Gasteiger partial charge < -0.3 is 5.32 Å². The molecule has 3 amide bonds. The van der Waals surface area contributed by atoms with Gasteiger partial charge in [0, 0.05) is 23.2 Å². The summed E-state index contributed by atoms with van der Waals surface area (Å²) in [5.41, 5.74) is 0.323. The van der Waals surface area contributed by atoms with E-state index in [1.54, 1.807) is 18.0 Å². The van der Waals surface area contributed by atoms with Gasteiger partial charge in [-0.2, -0.15) is 0 Å². The van der Waals surface area contributed by atoms with Crippen LogP contribution in [0.2, 0.25) is 5.02 Å². The van der Waals surface area contributed by atoms with E-state index in [-0.39, 0.29) is 19.1 Å². The molecule has 122 valence electrons. The molecule has 1 aromatic rings. The Labute approximate surface area is 134 Å². The third-order valence-electron chi connectivity index (χ3n) is 3.15. The molecule has 0 spiro atoms. The second kappa shape index (κ2) is 8.70. The fourth-order valence-electron chi connectivity index (χ4n) is 1.78. The van der Waals surface area contributed by atoms with E-state index in [1.165, 1.54) is 12.1 Å². The number of hydrogen-bond donors (Lipinski definition) is 2. The molecule has 1 aromatic carbocycles. The summed E-state index contributed by atoms with van der Waals surface area (Å²) in [5.74, 6) is -0.884. The maximum absolute atomic E-state index is 13.7. The lowest BCUT2D eigenvalue weighted by Crippen LogP contribution is -2.46. The highest BCUT2D eigenvalue weighted by atomic mass is 35.5. The lowest BCUT2D eigenvalue weighted by atomic mass is 10.2. The van der Waals surface area contributed by atoms with Crippen molar-refractivity contribution in [3.63, 3.8) is 0 Å². The highest BCUT2D eigenvalue weighted by Crippen LogP contribution is 2.20. The second-order valence-corrected chi connectivity index (χ2v) is 5.61. The van der Waals surface area contributed by atoms with Gasteiger partial charge in [-0.3, -0.25) is 15.0 Å². The van der Waals surface area contributed by atoms with Crippen LogP contribution >= 0.6 is 11.6 Å². The normalized spacial score (nSPS) is 12.1. The molecule has 5 nitrogen and oxygen atoms in total. The Morgan fingerprint density at radius 1 is 1.41 bits per heavy atom. The van der Waals surface area contributed by atoms with Gasteiger partial charge in [0.05, 0.1) is 6.54 Å². The molecule has 1 rings (SSSR count). The fraction of sp³-hybridized carbons (Fsp3) is 0.467. The van der Waals surface area contributed by atoms with Gasteiger partial charge in [0.25, 0.3) is 0 Å². The standard InChI is InChI=1S/C15H21ClFN3O2/c1-4-10(2)18-15(22)19-14(21)9-20(3)8-11-12(16)6-5-7-13(11)17/h5-7,10H,4,8-9H2,1-3H3,(H2,18,19,21,22)/t10-/m0/s1. The van der Waals surface area contributed by atoms with Gasteiger partial charge in [0.15, 0.2) is 0 Å². The van der Waals surface area contributed by atoms with Crippen LogP contribution in [0.5, 0.6) is 0 Å². The number of carbonyl (C=O) groups is 2. The number of hydrogen-bond acceptors (Lipinski definition) is 3. The SMILES string of the molecule is CC[C@H](C)NC(=O)NC(=O)CN(C)Cc1c(F)cccc1Cl. The van der Waals surface area contributed by atoms with Gasteiger partial charge >= 0.3 is 6.03 Å². The molecule has 0 aliphatic carbocycles. The smallest absolute Gasteiger partial charge is 0.321 e. The first-order valence-electron chi connectivity index (χ1n) is 7.05. The molecule has 0 saturated carbocycles. The number of imide groups is 1. The van der Waals surface area contributed by atoms with Crippen molar-refractivity contribution in [3.05, 3.63) is 34.6 Å². The zero-order valence-electron chi connectivity index (χ0n) is 13.0. The van der Waals surface area contributed by atoms with Crippen molar-refractivity contribution >= 4 is 23.5 Å². The van der Waals surface area contributed by atoms with Gasteiger partial charge in [-0.1, -0.05) is 24.6 Å². The van der Waals surface area contributed by atoms with Crippen LogP contribution in [-0.4, -0.2) is 36.5 Å². The Hall–Kier alpha value is -1.66. The Kier molecular flexibility index (Phi) is 7.27. The van der Waals surface area contributed by atoms with Crippen LogP contribution in [-0.2, 0) is 11.3 Å². The fourth-order valence-corrected chi connectivity index (χ4v) is 2.01. The number of benzene rings is 1. The van der Waals surface area contributed by atoms with E-state index >= 15 is 0 Å². The van der Waals surface area contributed by atoms with E-state index in [9.17, 15) is 14.0 Å². The van der Waals surface area contributed by atoms with Crippen molar-refractivity contribution in [2.75, 3.05) is 13.6 Å². The van der Waals surface area contributed by atoms with Crippen molar-refractivity contribution in [2.24, 2.45) is 0 Å². The minimum absolute atomic E-state index is 0.0113. The largest absolute Gasteiger partial charge is 0.335 e. The van der Waals surface area contributed by atoms with Crippen LogP contribution in [0.3, 0.4) is 0 Å². The minimum atomic E-state index is -0.531. The Balaban J connectivity index is 2.49. The maximum Gasteiger partial charge on any atom is 0.321 e. The molecule has 0 aliphatic heterocycles. The number of likely N-dealkylation sites (N-methyl/N-ethyl adjacent to an activating group) is 1. The van der Waals surface area contributed by atoms with Crippen molar-refractivity contribution < 1.29 is 14.0 Å². The average molecular weight is 330 g/mol. The van der Waals surface area contributed by atoms with E-state index in [1.807, 2.05) is 13.8 Å². The van der Waals surface area contributed by atoms with Gasteiger partial charge in [-0.15, -0.1) is 0 Å². The summed E-state index contributed by atoms with van der Waals surface area (Å²) in [6, 6.07) is 3.88. The number of amides is 3. The first-order chi connectivity index (χ1) is 10.3. The molecule has 0 saturated heterocycles. The van der Waals surface area contributed by atoms with E-state index in [4.69, 9.17) is 11.6 Å². The summed E-state index contributed by atoms with van der Waals surface area (Å²) in [4.78, 5) is 24.9. The molecule has 0 unspecified atom stereocenters. The molecule has 0 radical (unpaired) electrons. The summed E-state index contributed by atoms with van der Waals surface area (Å²) in [6.07, 6.45) is 0.771. The summed E-state index contributed by atoms with van der Waals surface area (Å²) in [6.45, 7) is 3.90. The van der Waals surface area contributed by atoms with E-state index in [0.29, 0.717) is 10.6 Å².